The van der Waals surface area contributed by atoms with Crippen LogP contribution in [0.4, 0.5) is 5.82 Å². The van der Waals surface area contributed by atoms with Gasteiger partial charge in [0.2, 0.25) is 5.82 Å². The van der Waals surface area contributed by atoms with Crippen LogP contribution in [0.2, 0.25) is 0 Å². The maximum Gasteiger partial charge on any atom is 0.293 e. The van der Waals surface area contributed by atoms with Gasteiger partial charge in [-0.2, -0.15) is 5.26 Å². The summed E-state index contributed by atoms with van der Waals surface area (Å²) in [6, 6.07) is 10.7. The van der Waals surface area contributed by atoms with Crippen LogP contribution < -0.4 is 10.2 Å². The quantitative estimate of drug-likeness (QED) is 0.606. The lowest BCUT2D eigenvalue weighted by atomic mass is 10.3. The number of sulfone groups is 1. The fourth-order valence-corrected chi connectivity index (χ4v) is 4.79. The molecule has 2 N–H and O–H groups in total. The van der Waals surface area contributed by atoms with Crippen molar-refractivity contribution >= 4 is 27.1 Å². The Hall–Kier alpha value is -3.29. The molecule has 1 amide bonds. The number of quaternary nitrogens is 1. The Morgan fingerprint density at radius 2 is 2.03 bits per heavy atom. The summed E-state index contributed by atoms with van der Waals surface area (Å²) in [6.07, 6.45) is 3.25. The standard InChI is InChI=1S/C19H18N6O3S/c20-12-14-4-3-6-21-17(14)23-19(26)18-22-15(16-5-1-2-7-25(16)18)13-24-8-10-29(27,28)11-9-24/h1-7H,8-11,13H2,(H,21,23,26)/p+1. The molecule has 9 nitrogen and oxygen atoms in total. The molecule has 1 aliphatic heterocycles. The van der Waals surface area contributed by atoms with Crippen molar-refractivity contribution in [1.29, 1.82) is 5.26 Å². The molecule has 1 fully saturated rings. The first-order valence-electron chi connectivity index (χ1n) is 9.13. The zero-order valence-corrected chi connectivity index (χ0v) is 16.3. The Balaban J connectivity index is 1.62. The van der Waals surface area contributed by atoms with Gasteiger partial charge < -0.3 is 10.2 Å². The summed E-state index contributed by atoms with van der Waals surface area (Å²) >= 11 is 0. The van der Waals surface area contributed by atoms with Crippen molar-refractivity contribution in [2.75, 3.05) is 29.9 Å². The average Bonchev–Trinajstić information content (AvgIpc) is 3.09. The number of aromatic nitrogens is 3. The van der Waals surface area contributed by atoms with Gasteiger partial charge in [-0.3, -0.25) is 9.20 Å². The third kappa shape index (κ3) is 3.96. The molecule has 10 heteroatoms. The minimum atomic E-state index is -2.94. The van der Waals surface area contributed by atoms with Crippen molar-refractivity contribution in [3.8, 4) is 6.07 Å². The normalized spacial score (nSPS) is 16.4. The number of anilines is 1. The predicted octanol–water partition coefficient (Wildman–Crippen LogP) is -0.333. The lowest BCUT2D eigenvalue weighted by Crippen LogP contribution is -3.13. The van der Waals surface area contributed by atoms with Crippen molar-refractivity contribution in [2.45, 2.75) is 6.54 Å². The van der Waals surface area contributed by atoms with Crippen LogP contribution >= 0.6 is 0 Å². The molecule has 0 saturated carbocycles. The number of hydrogen-bond acceptors (Lipinski definition) is 6. The van der Waals surface area contributed by atoms with Crippen LogP contribution in [0, 0.1) is 11.3 Å². The summed E-state index contributed by atoms with van der Waals surface area (Å²) < 4.78 is 25.0. The van der Waals surface area contributed by atoms with E-state index >= 15 is 0 Å². The molecule has 0 unspecified atom stereocenters. The number of carbonyl (C=O) groups is 1. The van der Waals surface area contributed by atoms with E-state index in [1.54, 1.807) is 28.8 Å². The maximum absolute atomic E-state index is 12.9. The molecule has 1 saturated heterocycles. The van der Waals surface area contributed by atoms with Crippen LogP contribution in [0.5, 0.6) is 0 Å². The van der Waals surface area contributed by atoms with E-state index < -0.39 is 15.7 Å². The number of nitrogens with zero attached hydrogens (tertiary/aromatic N) is 4. The highest BCUT2D eigenvalue weighted by molar-refractivity contribution is 7.91. The van der Waals surface area contributed by atoms with Gasteiger partial charge in [-0.25, -0.2) is 18.4 Å². The Kier molecular flexibility index (Phi) is 5.00. The smallest absolute Gasteiger partial charge is 0.293 e. The van der Waals surface area contributed by atoms with Gasteiger partial charge in [0.1, 0.15) is 18.3 Å². The molecule has 1 aliphatic rings. The zero-order chi connectivity index (χ0) is 20.4. The zero-order valence-electron chi connectivity index (χ0n) is 15.5. The Bertz CT molecular complexity index is 1210. The fourth-order valence-electron chi connectivity index (χ4n) is 3.39. The summed E-state index contributed by atoms with van der Waals surface area (Å²) in [5.41, 5.74) is 1.78. The molecule has 0 aromatic carbocycles. The molecule has 148 valence electrons. The highest BCUT2D eigenvalue weighted by Gasteiger charge is 2.27. The van der Waals surface area contributed by atoms with Gasteiger partial charge in [0, 0.05) is 12.4 Å². The van der Waals surface area contributed by atoms with Crippen molar-refractivity contribution in [3.05, 3.63) is 59.8 Å². The van der Waals surface area contributed by atoms with E-state index in [2.05, 4.69) is 15.3 Å². The molecule has 0 aliphatic carbocycles. The topological polar surface area (TPSA) is 122 Å². The van der Waals surface area contributed by atoms with Crippen LogP contribution in [0.25, 0.3) is 5.52 Å². The van der Waals surface area contributed by atoms with E-state index in [-0.39, 0.29) is 28.7 Å². The van der Waals surface area contributed by atoms with Crippen molar-refractivity contribution in [3.63, 3.8) is 0 Å². The first-order valence-corrected chi connectivity index (χ1v) is 11.0. The van der Waals surface area contributed by atoms with E-state index in [0.29, 0.717) is 19.6 Å². The minimum Gasteiger partial charge on any atom is -0.328 e. The predicted molar refractivity (Wildman–Crippen MR) is 105 cm³/mol. The van der Waals surface area contributed by atoms with E-state index in [1.165, 1.54) is 6.20 Å². The number of carbonyl (C=O) groups excluding carboxylic acids is 1. The molecule has 0 radical (unpaired) electrons. The molecule has 4 rings (SSSR count). The van der Waals surface area contributed by atoms with Crippen LogP contribution in [0.15, 0.2) is 42.7 Å². The third-order valence-electron chi connectivity index (χ3n) is 4.94. The van der Waals surface area contributed by atoms with Crippen molar-refractivity contribution in [2.24, 2.45) is 0 Å². The second-order valence-electron chi connectivity index (χ2n) is 6.88. The first kappa shape index (κ1) is 19.0. The number of nitriles is 1. The largest absolute Gasteiger partial charge is 0.328 e. The number of pyridine rings is 2. The number of imidazole rings is 1. The summed E-state index contributed by atoms with van der Waals surface area (Å²) in [7, 11) is -2.94. The first-order chi connectivity index (χ1) is 14.0. The van der Waals surface area contributed by atoms with E-state index in [0.717, 1.165) is 16.1 Å². The van der Waals surface area contributed by atoms with Gasteiger partial charge >= 0.3 is 0 Å². The van der Waals surface area contributed by atoms with Crippen LogP contribution in [-0.4, -0.2) is 53.3 Å². The van der Waals surface area contributed by atoms with Crippen LogP contribution in [0.1, 0.15) is 21.9 Å². The lowest BCUT2D eigenvalue weighted by Gasteiger charge is -2.22. The molecule has 0 spiro atoms. The number of amides is 1. The highest BCUT2D eigenvalue weighted by atomic mass is 32.2. The van der Waals surface area contributed by atoms with Crippen molar-refractivity contribution < 1.29 is 18.1 Å². The summed E-state index contributed by atoms with van der Waals surface area (Å²) in [4.78, 5) is 22.6. The van der Waals surface area contributed by atoms with Gasteiger partial charge in [0.25, 0.3) is 5.91 Å². The van der Waals surface area contributed by atoms with Gasteiger partial charge in [0.15, 0.2) is 15.7 Å². The summed E-state index contributed by atoms with van der Waals surface area (Å²) in [6.45, 7) is 1.58. The van der Waals surface area contributed by atoms with Crippen LogP contribution in [0.3, 0.4) is 0 Å². The van der Waals surface area contributed by atoms with Gasteiger partial charge in [-0.15, -0.1) is 0 Å². The van der Waals surface area contributed by atoms with Gasteiger partial charge in [-0.1, -0.05) is 6.07 Å². The molecule has 3 aromatic rings. The Morgan fingerprint density at radius 3 is 2.79 bits per heavy atom. The second kappa shape index (κ2) is 7.62. The number of rotatable bonds is 4. The number of hydrogen-bond donors (Lipinski definition) is 2. The molecular weight excluding hydrogens is 392 g/mol. The summed E-state index contributed by atoms with van der Waals surface area (Å²) in [5.74, 6) is 0.231. The lowest BCUT2D eigenvalue weighted by molar-refractivity contribution is -0.910. The number of fused-ring (bicyclic) bond motifs is 1. The molecule has 0 atom stereocenters. The minimum absolute atomic E-state index is 0.165. The SMILES string of the molecule is N#Cc1cccnc1NC(=O)c1nc(C[NH+]2CCS(=O)(=O)CC2)c2ccccn12. The highest BCUT2D eigenvalue weighted by Crippen LogP contribution is 2.16. The van der Waals surface area contributed by atoms with Gasteiger partial charge in [0.05, 0.1) is 35.7 Å². The Morgan fingerprint density at radius 1 is 1.24 bits per heavy atom. The second-order valence-corrected chi connectivity index (χ2v) is 9.19. The molecule has 0 bridgehead atoms. The van der Waals surface area contributed by atoms with E-state index in [4.69, 9.17) is 0 Å². The monoisotopic (exact) mass is 411 g/mol. The Labute approximate surface area is 167 Å². The fraction of sp³-hybridized carbons (Fsp3) is 0.263. The van der Waals surface area contributed by atoms with Gasteiger partial charge in [-0.05, 0) is 24.3 Å². The maximum atomic E-state index is 12.9. The van der Waals surface area contributed by atoms with Crippen molar-refractivity contribution in [1.82, 2.24) is 14.4 Å². The third-order valence-corrected chi connectivity index (χ3v) is 6.59. The average molecular weight is 411 g/mol. The molecule has 4 heterocycles. The molecule has 29 heavy (non-hydrogen) atoms. The number of nitrogens with one attached hydrogen (secondary N) is 2. The van der Waals surface area contributed by atoms with E-state index in [9.17, 15) is 18.5 Å². The molecule has 3 aromatic heterocycles. The molecular formula is C19H19N6O3S+. The van der Waals surface area contributed by atoms with E-state index in [1.807, 2.05) is 18.2 Å². The van der Waals surface area contributed by atoms with Crippen LogP contribution in [-0.2, 0) is 16.4 Å². The summed E-state index contributed by atoms with van der Waals surface area (Å²) in [5, 5.41) is 11.8.